The van der Waals surface area contributed by atoms with Crippen molar-refractivity contribution < 1.29 is 19.4 Å². The third kappa shape index (κ3) is 3.48. The topological polar surface area (TPSA) is 66.8 Å². The van der Waals surface area contributed by atoms with Gasteiger partial charge in [0.1, 0.15) is 6.10 Å². The number of hydrogen-bond donors (Lipinski definition) is 1. The summed E-state index contributed by atoms with van der Waals surface area (Å²) < 4.78 is 4.97. The van der Waals surface area contributed by atoms with Gasteiger partial charge in [-0.3, -0.25) is 9.59 Å². The quantitative estimate of drug-likeness (QED) is 0.755. The van der Waals surface area contributed by atoms with Gasteiger partial charge in [-0.15, -0.1) is 0 Å². The highest BCUT2D eigenvalue weighted by molar-refractivity contribution is 5.80. The predicted molar refractivity (Wildman–Crippen MR) is 58.0 cm³/mol. The molecule has 92 valence electrons. The van der Waals surface area contributed by atoms with Crippen molar-refractivity contribution in [3.63, 3.8) is 0 Å². The Balaban J connectivity index is 2.34. The van der Waals surface area contributed by atoms with Gasteiger partial charge in [0.25, 0.3) is 5.91 Å². The van der Waals surface area contributed by atoms with Crippen LogP contribution in [0.1, 0.15) is 26.2 Å². The monoisotopic (exact) mass is 229 g/mol. The molecule has 0 radical (unpaired) electrons. The van der Waals surface area contributed by atoms with Gasteiger partial charge in [-0.1, -0.05) is 0 Å². The first kappa shape index (κ1) is 13.0. The third-order valence-corrected chi connectivity index (χ3v) is 3.07. The molecule has 1 heterocycles. The minimum atomic E-state index is -0.768. The largest absolute Gasteiger partial charge is 0.481 e. The van der Waals surface area contributed by atoms with Gasteiger partial charge in [0.2, 0.25) is 0 Å². The number of carbonyl (C=O) groups is 2. The van der Waals surface area contributed by atoms with E-state index >= 15 is 0 Å². The summed E-state index contributed by atoms with van der Waals surface area (Å²) in [6.07, 6.45) is 1.33. The summed E-state index contributed by atoms with van der Waals surface area (Å²) in [6.45, 7) is 3.11. The second-order valence-electron chi connectivity index (χ2n) is 4.25. The molecule has 2 atom stereocenters. The molecule has 16 heavy (non-hydrogen) atoms. The lowest BCUT2D eigenvalue weighted by atomic mass is 10.0. The van der Waals surface area contributed by atoms with E-state index in [1.54, 1.807) is 11.8 Å². The van der Waals surface area contributed by atoms with E-state index in [1.807, 2.05) is 0 Å². The molecule has 0 aliphatic carbocycles. The number of ether oxygens (including phenoxy) is 1. The summed E-state index contributed by atoms with van der Waals surface area (Å²) in [6, 6.07) is 0. The van der Waals surface area contributed by atoms with Gasteiger partial charge >= 0.3 is 5.97 Å². The van der Waals surface area contributed by atoms with Gasteiger partial charge in [-0.2, -0.15) is 0 Å². The van der Waals surface area contributed by atoms with Crippen LogP contribution in [0.4, 0.5) is 0 Å². The number of hydrogen-bond acceptors (Lipinski definition) is 3. The zero-order chi connectivity index (χ0) is 12.1. The Morgan fingerprint density at radius 1 is 1.56 bits per heavy atom. The Labute approximate surface area is 95.4 Å². The Morgan fingerprint density at radius 3 is 2.81 bits per heavy atom. The number of carboxylic acid groups (broad SMARTS) is 1. The maximum atomic E-state index is 11.7. The maximum absolute atomic E-state index is 11.7. The Bertz CT molecular complexity index is 267. The Morgan fingerprint density at radius 2 is 2.25 bits per heavy atom. The van der Waals surface area contributed by atoms with E-state index in [9.17, 15) is 9.59 Å². The van der Waals surface area contributed by atoms with E-state index in [0.29, 0.717) is 18.9 Å². The average Bonchev–Trinajstić information content (AvgIpc) is 2.72. The third-order valence-electron chi connectivity index (χ3n) is 3.07. The highest BCUT2D eigenvalue weighted by Crippen LogP contribution is 2.21. The molecule has 1 aliphatic heterocycles. The van der Waals surface area contributed by atoms with Gasteiger partial charge in [-0.25, -0.2) is 0 Å². The van der Waals surface area contributed by atoms with Crippen LogP contribution in [0.2, 0.25) is 0 Å². The highest BCUT2D eigenvalue weighted by Gasteiger charge is 2.28. The van der Waals surface area contributed by atoms with Crippen molar-refractivity contribution in [2.45, 2.75) is 32.3 Å². The first-order chi connectivity index (χ1) is 7.54. The molecule has 0 aromatic carbocycles. The molecule has 0 spiro atoms. The van der Waals surface area contributed by atoms with E-state index < -0.39 is 12.1 Å². The second kappa shape index (κ2) is 5.84. The van der Waals surface area contributed by atoms with Gasteiger partial charge in [0, 0.05) is 26.6 Å². The summed E-state index contributed by atoms with van der Waals surface area (Å²) in [5.74, 6) is -0.445. The number of rotatable bonds is 5. The predicted octanol–water partition coefficient (Wildman–Crippen LogP) is 0.735. The van der Waals surface area contributed by atoms with Crippen LogP contribution in [-0.4, -0.2) is 48.2 Å². The van der Waals surface area contributed by atoms with Crippen molar-refractivity contribution in [1.82, 2.24) is 4.90 Å². The smallest absolute Gasteiger partial charge is 0.303 e. The van der Waals surface area contributed by atoms with Crippen LogP contribution in [0.5, 0.6) is 0 Å². The van der Waals surface area contributed by atoms with Crippen molar-refractivity contribution in [3.05, 3.63) is 0 Å². The molecular formula is C11H19NO4. The average molecular weight is 229 g/mol. The second-order valence-corrected chi connectivity index (χ2v) is 4.25. The molecule has 0 bridgehead atoms. The number of amides is 1. The van der Waals surface area contributed by atoms with Crippen LogP contribution in [0, 0.1) is 5.92 Å². The molecule has 1 saturated heterocycles. The molecule has 0 saturated carbocycles. The molecule has 2 unspecified atom stereocenters. The number of carbonyl (C=O) groups excluding carboxylic acids is 1. The molecule has 1 rings (SSSR count). The van der Waals surface area contributed by atoms with Crippen molar-refractivity contribution >= 4 is 11.9 Å². The molecule has 0 aromatic rings. The van der Waals surface area contributed by atoms with Crippen molar-refractivity contribution in [3.8, 4) is 0 Å². The van der Waals surface area contributed by atoms with Gasteiger partial charge in [0.15, 0.2) is 0 Å². The van der Waals surface area contributed by atoms with Crippen molar-refractivity contribution in [2.24, 2.45) is 5.92 Å². The zero-order valence-electron chi connectivity index (χ0n) is 9.81. The highest BCUT2D eigenvalue weighted by atomic mass is 16.5. The summed E-state index contributed by atoms with van der Waals surface area (Å²) in [7, 11) is 1.51. The van der Waals surface area contributed by atoms with Crippen LogP contribution >= 0.6 is 0 Å². The Hall–Kier alpha value is -1.10. The number of carboxylic acids is 1. The van der Waals surface area contributed by atoms with E-state index in [0.717, 1.165) is 13.0 Å². The number of likely N-dealkylation sites (tertiary alicyclic amines) is 1. The summed E-state index contributed by atoms with van der Waals surface area (Å²) >= 11 is 0. The molecule has 1 aliphatic rings. The van der Waals surface area contributed by atoms with Gasteiger partial charge < -0.3 is 14.7 Å². The molecule has 5 nitrogen and oxygen atoms in total. The van der Waals surface area contributed by atoms with Crippen LogP contribution in [0.25, 0.3) is 0 Å². The SMILES string of the molecule is COC(C)C(=O)N1CCC(CCC(=O)O)C1. The fourth-order valence-corrected chi connectivity index (χ4v) is 1.95. The standard InChI is InChI=1S/C11H19NO4/c1-8(16-2)11(15)12-6-5-9(7-12)3-4-10(13)14/h8-9H,3-7H2,1-2H3,(H,13,14). The lowest BCUT2D eigenvalue weighted by Gasteiger charge is -2.19. The summed E-state index contributed by atoms with van der Waals surface area (Å²) in [5, 5.41) is 8.57. The van der Waals surface area contributed by atoms with E-state index in [-0.39, 0.29) is 12.3 Å². The van der Waals surface area contributed by atoms with Crippen LogP contribution < -0.4 is 0 Å². The minimum absolute atomic E-state index is 0.000301. The maximum Gasteiger partial charge on any atom is 0.303 e. The first-order valence-electron chi connectivity index (χ1n) is 5.58. The first-order valence-corrected chi connectivity index (χ1v) is 5.58. The van der Waals surface area contributed by atoms with Gasteiger partial charge in [0.05, 0.1) is 0 Å². The fourth-order valence-electron chi connectivity index (χ4n) is 1.95. The van der Waals surface area contributed by atoms with Gasteiger partial charge in [-0.05, 0) is 25.7 Å². The summed E-state index contributed by atoms with van der Waals surface area (Å²) in [4.78, 5) is 23.9. The van der Waals surface area contributed by atoms with E-state index in [4.69, 9.17) is 9.84 Å². The number of methoxy groups -OCH3 is 1. The molecule has 1 fully saturated rings. The summed E-state index contributed by atoms with van der Waals surface area (Å²) in [5.41, 5.74) is 0. The molecule has 1 amide bonds. The van der Waals surface area contributed by atoms with Crippen LogP contribution in [0.15, 0.2) is 0 Å². The van der Waals surface area contributed by atoms with E-state index in [1.165, 1.54) is 7.11 Å². The van der Waals surface area contributed by atoms with Crippen molar-refractivity contribution in [2.75, 3.05) is 20.2 Å². The lowest BCUT2D eigenvalue weighted by molar-refractivity contribution is -0.139. The Kier molecular flexibility index (Phi) is 4.73. The molecular weight excluding hydrogens is 210 g/mol. The minimum Gasteiger partial charge on any atom is -0.481 e. The normalized spacial score (nSPS) is 22.1. The van der Waals surface area contributed by atoms with Crippen LogP contribution in [-0.2, 0) is 14.3 Å². The molecule has 1 N–H and O–H groups in total. The lowest BCUT2D eigenvalue weighted by Crippen LogP contribution is -2.37. The van der Waals surface area contributed by atoms with Crippen molar-refractivity contribution in [1.29, 1.82) is 0 Å². The zero-order valence-corrected chi connectivity index (χ0v) is 9.81. The van der Waals surface area contributed by atoms with Crippen LogP contribution in [0.3, 0.4) is 0 Å². The number of nitrogens with zero attached hydrogens (tertiary/aromatic N) is 1. The molecule has 0 aromatic heterocycles. The molecule has 5 heteroatoms. The number of aliphatic carboxylic acids is 1. The fraction of sp³-hybridized carbons (Fsp3) is 0.818. The van der Waals surface area contributed by atoms with E-state index in [2.05, 4.69) is 0 Å².